The average molecular weight is 255 g/mol. The van der Waals surface area contributed by atoms with Crippen LogP contribution in [-0.2, 0) is 9.59 Å². The molecule has 1 aliphatic carbocycles. The summed E-state index contributed by atoms with van der Waals surface area (Å²) in [5, 5.41) is 8.92. The first-order chi connectivity index (χ1) is 8.74. The highest BCUT2D eigenvalue weighted by atomic mass is 16.2. The Kier molecular flexibility index (Phi) is 7.41. The van der Waals surface area contributed by atoms with Gasteiger partial charge in [0, 0.05) is 32.0 Å². The Morgan fingerprint density at radius 2 is 1.83 bits per heavy atom. The molecule has 0 atom stereocenters. The van der Waals surface area contributed by atoms with E-state index < -0.39 is 0 Å². The van der Waals surface area contributed by atoms with E-state index in [1.165, 1.54) is 0 Å². The SMILES string of the molecule is CCCNCCNC(=O)CCCNC(=O)C1CC1. The van der Waals surface area contributed by atoms with Gasteiger partial charge in [0.05, 0.1) is 0 Å². The molecule has 1 rings (SSSR count). The van der Waals surface area contributed by atoms with Gasteiger partial charge in [0.2, 0.25) is 11.8 Å². The normalized spacial score (nSPS) is 14.3. The van der Waals surface area contributed by atoms with Crippen LogP contribution in [0.4, 0.5) is 0 Å². The molecular weight excluding hydrogens is 230 g/mol. The molecule has 18 heavy (non-hydrogen) atoms. The summed E-state index contributed by atoms with van der Waals surface area (Å²) in [5.74, 6) is 0.469. The highest BCUT2D eigenvalue weighted by molar-refractivity contribution is 5.81. The number of amides is 2. The van der Waals surface area contributed by atoms with Gasteiger partial charge in [0.15, 0.2) is 0 Å². The van der Waals surface area contributed by atoms with Crippen molar-refractivity contribution in [2.24, 2.45) is 5.92 Å². The van der Waals surface area contributed by atoms with Crippen LogP contribution in [-0.4, -0.2) is 38.0 Å². The average Bonchev–Trinajstić information content (AvgIpc) is 3.18. The van der Waals surface area contributed by atoms with Crippen LogP contribution in [0.2, 0.25) is 0 Å². The Morgan fingerprint density at radius 3 is 2.50 bits per heavy atom. The van der Waals surface area contributed by atoms with Crippen molar-refractivity contribution in [3.63, 3.8) is 0 Å². The van der Waals surface area contributed by atoms with Crippen LogP contribution in [0.25, 0.3) is 0 Å². The maximum absolute atomic E-state index is 11.4. The molecule has 0 bridgehead atoms. The van der Waals surface area contributed by atoms with Crippen molar-refractivity contribution in [2.45, 2.75) is 39.0 Å². The van der Waals surface area contributed by atoms with Crippen molar-refractivity contribution in [2.75, 3.05) is 26.2 Å². The minimum Gasteiger partial charge on any atom is -0.356 e. The maximum atomic E-state index is 11.4. The van der Waals surface area contributed by atoms with Crippen LogP contribution >= 0.6 is 0 Å². The van der Waals surface area contributed by atoms with E-state index in [-0.39, 0.29) is 17.7 Å². The fourth-order valence-electron chi connectivity index (χ4n) is 1.63. The zero-order valence-electron chi connectivity index (χ0n) is 11.3. The molecular formula is C13H25N3O2. The molecule has 0 radical (unpaired) electrons. The van der Waals surface area contributed by atoms with Crippen molar-refractivity contribution in [1.82, 2.24) is 16.0 Å². The first-order valence-electron chi connectivity index (χ1n) is 6.99. The van der Waals surface area contributed by atoms with E-state index in [9.17, 15) is 9.59 Å². The van der Waals surface area contributed by atoms with Gasteiger partial charge in [-0.3, -0.25) is 9.59 Å². The van der Waals surface area contributed by atoms with Crippen LogP contribution in [0.15, 0.2) is 0 Å². The van der Waals surface area contributed by atoms with E-state index in [2.05, 4.69) is 22.9 Å². The van der Waals surface area contributed by atoms with Crippen molar-refractivity contribution >= 4 is 11.8 Å². The molecule has 0 saturated heterocycles. The van der Waals surface area contributed by atoms with E-state index in [0.717, 1.165) is 32.4 Å². The lowest BCUT2D eigenvalue weighted by Crippen LogP contribution is -2.32. The van der Waals surface area contributed by atoms with E-state index in [4.69, 9.17) is 0 Å². The van der Waals surface area contributed by atoms with Crippen molar-refractivity contribution in [3.8, 4) is 0 Å². The molecule has 2 amide bonds. The second kappa shape index (κ2) is 8.91. The molecule has 3 N–H and O–H groups in total. The highest BCUT2D eigenvalue weighted by Gasteiger charge is 2.28. The van der Waals surface area contributed by atoms with Crippen molar-refractivity contribution in [3.05, 3.63) is 0 Å². The lowest BCUT2D eigenvalue weighted by Gasteiger charge is -2.06. The van der Waals surface area contributed by atoms with E-state index in [1.54, 1.807) is 0 Å². The Bertz CT molecular complexity index is 265. The first-order valence-corrected chi connectivity index (χ1v) is 6.99. The zero-order chi connectivity index (χ0) is 13.2. The van der Waals surface area contributed by atoms with E-state index in [0.29, 0.717) is 25.9 Å². The van der Waals surface area contributed by atoms with Crippen LogP contribution in [0.3, 0.4) is 0 Å². The summed E-state index contributed by atoms with van der Waals surface area (Å²) >= 11 is 0. The highest BCUT2D eigenvalue weighted by Crippen LogP contribution is 2.28. The summed E-state index contributed by atoms with van der Waals surface area (Å²) in [4.78, 5) is 22.7. The van der Waals surface area contributed by atoms with Gasteiger partial charge in [-0.25, -0.2) is 0 Å². The molecule has 104 valence electrons. The number of hydrogen-bond acceptors (Lipinski definition) is 3. The number of nitrogens with one attached hydrogen (secondary N) is 3. The van der Waals surface area contributed by atoms with Gasteiger partial charge in [-0.15, -0.1) is 0 Å². The van der Waals surface area contributed by atoms with Crippen LogP contribution in [0, 0.1) is 5.92 Å². The smallest absolute Gasteiger partial charge is 0.223 e. The van der Waals surface area contributed by atoms with Crippen LogP contribution in [0.5, 0.6) is 0 Å². The topological polar surface area (TPSA) is 70.2 Å². The van der Waals surface area contributed by atoms with E-state index >= 15 is 0 Å². The van der Waals surface area contributed by atoms with Crippen LogP contribution in [0.1, 0.15) is 39.0 Å². The zero-order valence-corrected chi connectivity index (χ0v) is 11.3. The Labute approximate surface area is 109 Å². The van der Waals surface area contributed by atoms with E-state index in [1.807, 2.05) is 0 Å². The van der Waals surface area contributed by atoms with Gasteiger partial charge in [-0.1, -0.05) is 6.92 Å². The molecule has 0 aliphatic heterocycles. The number of rotatable bonds is 10. The third-order valence-corrected chi connectivity index (χ3v) is 2.88. The van der Waals surface area contributed by atoms with Gasteiger partial charge >= 0.3 is 0 Å². The Balaban J connectivity index is 1.85. The number of carbonyl (C=O) groups excluding carboxylic acids is 2. The van der Waals surface area contributed by atoms with Gasteiger partial charge < -0.3 is 16.0 Å². The summed E-state index contributed by atoms with van der Waals surface area (Å²) in [6.07, 6.45) is 4.36. The molecule has 0 spiro atoms. The molecule has 0 aromatic heterocycles. The molecule has 5 heteroatoms. The van der Waals surface area contributed by atoms with Gasteiger partial charge in [0.1, 0.15) is 0 Å². The second-order valence-corrected chi connectivity index (χ2v) is 4.77. The predicted octanol–water partition coefficient (Wildman–Crippen LogP) is 0.409. The third-order valence-electron chi connectivity index (χ3n) is 2.88. The van der Waals surface area contributed by atoms with Gasteiger partial charge in [-0.05, 0) is 32.2 Å². The maximum Gasteiger partial charge on any atom is 0.223 e. The molecule has 0 unspecified atom stereocenters. The number of hydrogen-bond donors (Lipinski definition) is 3. The van der Waals surface area contributed by atoms with Crippen molar-refractivity contribution in [1.29, 1.82) is 0 Å². The molecule has 0 aromatic carbocycles. The standard InChI is InChI=1S/C13H25N3O2/c1-2-7-14-9-10-15-12(17)4-3-8-16-13(18)11-5-6-11/h11,14H,2-10H2,1H3,(H,15,17)(H,16,18). The van der Waals surface area contributed by atoms with Gasteiger partial charge in [0.25, 0.3) is 0 Å². The van der Waals surface area contributed by atoms with Crippen LogP contribution < -0.4 is 16.0 Å². The Hall–Kier alpha value is -1.10. The largest absolute Gasteiger partial charge is 0.356 e. The quantitative estimate of drug-likeness (QED) is 0.495. The second-order valence-electron chi connectivity index (χ2n) is 4.77. The predicted molar refractivity (Wildman–Crippen MR) is 71.1 cm³/mol. The fraction of sp³-hybridized carbons (Fsp3) is 0.846. The van der Waals surface area contributed by atoms with Gasteiger partial charge in [-0.2, -0.15) is 0 Å². The number of carbonyl (C=O) groups is 2. The lowest BCUT2D eigenvalue weighted by atomic mass is 10.3. The third kappa shape index (κ3) is 7.27. The fourth-order valence-corrected chi connectivity index (χ4v) is 1.63. The molecule has 0 aromatic rings. The summed E-state index contributed by atoms with van der Waals surface area (Å²) in [6.45, 7) is 5.20. The first kappa shape index (κ1) is 15.0. The minimum absolute atomic E-state index is 0.0639. The molecule has 1 saturated carbocycles. The molecule has 1 aliphatic rings. The lowest BCUT2D eigenvalue weighted by molar-refractivity contribution is -0.123. The summed E-state index contributed by atoms with van der Waals surface area (Å²) in [6, 6.07) is 0. The summed E-state index contributed by atoms with van der Waals surface area (Å²) in [7, 11) is 0. The molecule has 0 heterocycles. The minimum atomic E-state index is 0.0639. The summed E-state index contributed by atoms with van der Waals surface area (Å²) in [5.41, 5.74) is 0. The monoisotopic (exact) mass is 255 g/mol. The Morgan fingerprint density at radius 1 is 1.06 bits per heavy atom. The summed E-state index contributed by atoms with van der Waals surface area (Å²) < 4.78 is 0. The molecule has 5 nitrogen and oxygen atoms in total. The van der Waals surface area contributed by atoms with Crippen molar-refractivity contribution < 1.29 is 9.59 Å². The molecule has 1 fully saturated rings.